The number of methoxy groups -OCH3 is 1. The van der Waals surface area contributed by atoms with Gasteiger partial charge in [-0.15, -0.1) is 0 Å². The number of hydrogen-bond donors (Lipinski definition) is 0. The lowest BCUT2D eigenvalue weighted by Gasteiger charge is -2.18. The van der Waals surface area contributed by atoms with Crippen molar-refractivity contribution in [1.82, 2.24) is 0 Å². The fraction of sp³-hybridized carbons (Fsp3) is 1.00. The van der Waals surface area contributed by atoms with Crippen molar-refractivity contribution in [3.8, 4) is 0 Å². The van der Waals surface area contributed by atoms with Gasteiger partial charge in [0, 0.05) is 33.4 Å². The van der Waals surface area contributed by atoms with Gasteiger partial charge in [0.2, 0.25) is 0 Å². The highest BCUT2D eigenvalue weighted by molar-refractivity contribution is 4.44. The zero-order chi connectivity index (χ0) is 12.1. The Bertz CT molecular complexity index is 108. The van der Waals surface area contributed by atoms with Crippen molar-refractivity contribution in [2.75, 3.05) is 40.5 Å². The Labute approximate surface area is 98.0 Å². The highest BCUT2D eigenvalue weighted by Crippen LogP contribution is 2.05. The first-order valence-electron chi connectivity index (χ1n) is 5.72. The molecule has 5 heteroatoms. The van der Waals surface area contributed by atoms with Crippen molar-refractivity contribution in [3.63, 3.8) is 0 Å². The van der Waals surface area contributed by atoms with Gasteiger partial charge in [0.15, 0.2) is 6.29 Å². The van der Waals surface area contributed by atoms with Crippen LogP contribution in [0.5, 0.6) is 0 Å². The van der Waals surface area contributed by atoms with E-state index in [9.17, 15) is 0 Å². The third-order valence-corrected chi connectivity index (χ3v) is 1.87. The normalized spacial score (nSPS) is 11.2. The molecule has 0 N–H and O–H groups in total. The minimum atomic E-state index is -0.284. The summed E-state index contributed by atoms with van der Waals surface area (Å²) in [7, 11) is 1.68. The van der Waals surface area contributed by atoms with Crippen LogP contribution in [0.25, 0.3) is 0 Å². The summed E-state index contributed by atoms with van der Waals surface area (Å²) in [5.41, 5.74) is 0. The van der Waals surface area contributed by atoms with Gasteiger partial charge in [-0.1, -0.05) is 0 Å². The van der Waals surface area contributed by atoms with Gasteiger partial charge in [0.1, 0.15) is 13.6 Å². The molecule has 0 aliphatic carbocycles. The molecule has 0 aliphatic rings. The molecule has 5 nitrogen and oxygen atoms in total. The van der Waals surface area contributed by atoms with E-state index in [1.807, 2.05) is 13.8 Å². The summed E-state index contributed by atoms with van der Waals surface area (Å²) in [4.78, 5) is 0. The van der Waals surface area contributed by atoms with Crippen LogP contribution in [0.2, 0.25) is 0 Å². The predicted octanol–water partition coefficient (Wildman–Crippen LogP) is 1.76. The lowest BCUT2D eigenvalue weighted by Crippen LogP contribution is -2.21. The lowest BCUT2D eigenvalue weighted by atomic mass is 10.3. The van der Waals surface area contributed by atoms with Crippen LogP contribution >= 0.6 is 0 Å². The third-order valence-electron chi connectivity index (χ3n) is 1.87. The van der Waals surface area contributed by atoms with Gasteiger partial charge in [-0.3, -0.25) is 0 Å². The van der Waals surface area contributed by atoms with E-state index in [4.69, 9.17) is 23.7 Å². The first-order chi connectivity index (χ1) is 7.85. The quantitative estimate of drug-likeness (QED) is 0.381. The summed E-state index contributed by atoms with van der Waals surface area (Å²) in [6.07, 6.45) is 1.38. The van der Waals surface area contributed by atoms with Gasteiger partial charge < -0.3 is 23.7 Å². The average molecular weight is 236 g/mol. The topological polar surface area (TPSA) is 46.2 Å². The van der Waals surface area contributed by atoms with Crippen LogP contribution in [0.4, 0.5) is 0 Å². The molecule has 0 heterocycles. The molecule has 16 heavy (non-hydrogen) atoms. The van der Waals surface area contributed by atoms with Crippen molar-refractivity contribution in [2.24, 2.45) is 0 Å². The smallest absolute Gasteiger partial charge is 0.163 e. The molecular formula is C11H24O5. The highest BCUT2D eigenvalue weighted by atomic mass is 16.8. The second-order valence-electron chi connectivity index (χ2n) is 3.12. The Morgan fingerprint density at radius 3 is 1.94 bits per heavy atom. The largest absolute Gasteiger partial charge is 0.385 e. The predicted molar refractivity (Wildman–Crippen MR) is 60.1 cm³/mol. The van der Waals surface area contributed by atoms with Crippen LogP contribution in [0.1, 0.15) is 26.7 Å². The molecule has 0 amide bonds. The Hall–Kier alpha value is -0.200. The molecule has 0 aromatic rings. The van der Waals surface area contributed by atoms with Gasteiger partial charge in [0.05, 0.1) is 0 Å². The lowest BCUT2D eigenvalue weighted by molar-refractivity contribution is -0.229. The molecular weight excluding hydrogens is 212 g/mol. The van der Waals surface area contributed by atoms with E-state index in [0.29, 0.717) is 19.8 Å². The van der Waals surface area contributed by atoms with Gasteiger partial charge >= 0.3 is 0 Å². The molecule has 0 aliphatic heterocycles. The standard InChI is InChI=1S/C11H24O5/c1-4-13-9-15-11(7-6-8-12-3)16-10-14-5-2/h11H,4-10H2,1-3H3. The first-order valence-corrected chi connectivity index (χ1v) is 5.72. The van der Waals surface area contributed by atoms with Crippen LogP contribution < -0.4 is 0 Å². The average Bonchev–Trinajstić information content (AvgIpc) is 2.29. The molecule has 0 saturated carbocycles. The third kappa shape index (κ3) is 10.3. The summed E-state index contributed by atoms with van der Waals surface area (Å²) in [6, 6.07) is 0. The molecule has 98 valence electrons. The monoisotopic (exact) mass is 236 g/mol. The van der Waals surface area contributed by atoms with Crippen LogP contribution in [0.3, 0.4) is 0 Å². The molecule has 0 bridgehead atoms. The van der Waals surface area contributed by atoms with Crippen LogP contribution in [0.15, 0.2) is 0 Å². The Morgan fingerprint density at radius 2 is 1.50 bits per heavy atom. The van der Waals surface area contributed by atoms with Crippen LogP contribution in [-0.4, -0.2) is 46.8 Å². The maximum Gasteiger partial charge on any atom is 0.163 e. The number of hydrogen-bond acceptors (Lipinski definition) is 5. The summed E-state index contributed by atoms with van der Waals surface area (Å²) < 4.78 is 26.0. The SMILES string of the molecule is CCOCOC(CCCOC)OCOCC. The summed E-state index contributed by atoms with van der Waals surface area (Å²) in [6.45, 7) is 6.31. The minimum Gasteiger partial charge on any atom is -0.385 e. The molecule has 0 radical (unpaired) electrons. The maximum absolute atomic E-state index is 5.40. The van der Waals surface area contributed by atoms with Crippen molar-refractivity contribution in [2.45, 2.75) is 33.0 Å². The summed E-state index contributed by atoms with van der Waals surface area (Å²) in [5, 5.41) is 0. The van der Waals surface area contributed by atoms with Gasteiger partial charge in [0.25, 0.3) is 0 Å². The molecule has 0 spiro atoms. The van der Waals surface area contributed by atoms with E-state index in [1.165, 1.54) is 0 Å². The van der Waals surface area contributed by atoms with Gasteiger partial charge in [-0.2, -0.15) is 0 Å². The molecule has 0 aromatic carbocycles. The second kappa shape index (κ2) is 12.9. The zero-order valence-electron chi connectivity index (χ0n) is 10.6. The second-order valence-corrected chi connectivity index (χ2v) is 3.12. The van der Waals surface area contributed by atoms with Gasteiger partial charge in [-0.05, 0) is 20.3 Å². The molecule has 0 rings (SSSR count). The first kappa shape index (κ1) is 15.8. The summed E-state index contributed by atoms with van der Waals surface area (Å²) >= 11 is 0. The molecule has 0 atom stereocenters. The highest BCUT2D eigenvalue weighted by Gasteiger charge is 2.09. The van der Waals surface area contributed by atoms with E-state index < -0.39 is 0 Å². The molecule has 0 unspecified atom stereocenters. The van der Waals surface area contributed by atoms with Crippen molar-refractivity contribution in [1.29, 1.82) is 0 Å². The molecule has 0 aromatic heterocycles. The summed E-state index contributed by atoms with van der Waals surface area (Å²) in [5.74, 6) is 0. The van der Waals surface area contributed by atoms with Gasteiger partial charge in [-0.25, -0.2) is 0 Å². The van der Waals surface area contributed by atoms with E-state index in [2.05, 4.69) is 0 Å². The Kier molecular flexibility index (Phi) is 12.7. The van der Waals surface area contributed by atoms with E-state index in [0.717, 1.165) is 12.8 Å². The Morgan fingerprint density at radius 1 is 0.938 bits per heavy atom. The molecule has 0 fully saturated rings. The number of rotatable bonds is 12. The Balaban J connectivity index is 3.58. The fourth-order valence-electron chi connectivity index (χ4n) is 1.02. The molecule has 0 saturated heterocycles. The van der Waals surface area contributed by atoms with E-state index >= 15 is 0 Å². The zero-order valence-corrected chi connectivity index (χ0v) is 10.6. The minimum absolute atomic E-state index is 0.250. The van der Waals surface area contributed by atoms with E-state index in [-0.39, 0.29) is 19.9 Å². The van der Waals surface area contributed by atoms with Crippen molar-refractivity contribution in [3.05, 3.63) is 0 Å². The maximum atomic E-state index is 5.40. The number of ether oxygens (including phenoxy) is 5. The van der Waals surface area contributed by atoms with E-state index in [1.54, 1.807) is 7.11 Å². The van der Waals surface area contributed by atoms with Crippen LogP contribution in [0, 0.1) is 0 Å². The van der Waals surface area contributed by atoms with Crippen molar-refractivity contribution < 1.29 is 23.7 Å². The van der Waals surface area contributed by atoms with Crippen LogP contribution in [-0.2, 0) is 23.7 Å². The van der Waals surface area contributed by atoms with Crippen molar-refractivity contribution >= 4 is 0 Å². The fourth-order valence-corrected chi connectivity index (χ4v) is 1.02.